The van der Waals surface area contributed by atoms with Crippen LogP contribution in [0.15, 0.2) is 228 Å². The molecule has 85 heavy (non-hydrogen) atoms. The second-order valence-electron chi connectivity index (χ2n) is 20.8. The molecule has 1 saturated carbocycles. The van der Waals surface area contributed by atoms with Crippen molar-refractivity contribution >= 4 is 71.6 Å². The number of fused-ring (bicyclic) bond motifs is 4. The van der Waals surface area contributed by atoms with Crippen LogP contribution in [0.4, 0.5) is 13.2 Å². The maximum Gasteiger partial charge on any atom is 0.485 e. The van der Waals surface area contributed by atoms with E-state index in [1.807, 2.05) is 61.0 Å². The molecule has 1 fully saturated rings. The molecule has 11 aromatic carbocycles. The van der Waals surface area contributed by atoms with Gasteiger partial charge in [0.1, 0.15) is 11.5 Å². The number of benzene rings is 11. The number of phenols is 2. The van der Waals surface area contributed by atoms with E-state index in [-0.39, 0.29) is 46.6 Å². The zero-order valence-corrected chi connectivity index (χ0v) is 47.8. The van der Waals surface area contributed by atoms with Gasteiger partial charge in [-0.15, -0.1) is 0 Å². The summed E-state index contributed by atoms with van der Waals surface area (Å²) in [5.74, 6) is 0.0309. The number of alkyl halides is 3. The van der Waals surface area contributed by atoms with Gasteiger partial charge in [-0.1, -0.05) is 207 Å². The van der Waals surface area contributed by atoms with E-state index >= 15 is 0 Å². The van der Waals surface area contributed by atoms with Crippen LogP contribution in [0, 0.1) is 0 Å². The average molecular weight is 1190 g/mol. The van der Waals surface area contributed by atoms with E-state index < -0.39 is 15.6 Å². The Balaban J connectivity index is 0.000000834. The predicted octanol–water partition coefficient (Wildman–Crippen LogP) is 17.1. The van der Waals surface area contributed by atoms with Crippen LogP contribution in [0.2, 0.25) is 0 Å². The van der Waals surface area contributed by atoms with Gasteiger partial charge in [0, 0.05) is 62.9 Å². The van der Waals surface area contributed by atoms with Gasteiger partial charge in [0.2, 0.25) is 0 Å². The molecule has 0 aromatic heterocycles. The van der Waals surface area contributed by atoms with Crippen molar-refractivity contribution in [1.29, 1.82) is 0 Å². The third-order valence-electron chi connectivity index (χ3n) is 15.4. The zero-order chi connectivity index (χ0) is 58.4. The van der Waals surface area contributed by atoms with Crippen molar-refractivity contribution in [3.05, 3.63) is 241 Å². The SMILES string of the molecule is O=C(OCCCc1ccc2c(-c3c(-c4ccccc4)ccc4ccccc34)c(O)c(C=N[C@H]3CCCC[C@@H]3N=Cc3cc4ccccc4c(-c4c(-c5ccccc5)ccc5ccccc45)c3O)cc2c1)c1ccccc1.O=S(=O)([O-])C(F)(F)F.[Mn]. The first-order valence-electron chi connectivity index (χ1n) is 27.7. The Morgan fingerprint density at radius 1 is 0.529 bits per heavy atom. The molecule has 12 rings (SSSR count). The molecule has 1 radical (unpaired) electrons. The van der Waals surface area contributed by atoms with Crippen molar-refractivity contribution in [3.8, 4) is 56.0 Å². The Labute approximate surface area is 501 Å². The summed E-state index contributed by atoms with van der Waals surface area (Å²) in [5, 5.41) is 33.6. The Kier molecular flexibility index (Phi) is 18.1. The largest absolute Gasteiger partial charge is 0.741 e. The second-order valence-corrected chi connectivity index (χ2v) is 22.2. The first-order valence-corrected chi connectivity index (χ1v) is 29.1. The summed E-state index contributed by atoms with van der Waals surface area (Å²) in [6.45, 7) is 0.299. The normalized spacial score (nSPS) is 14.6. The van der Waals surface area contributed by atoms with Gasteiger partial charge in [0.05, 0.1) is 24.3 Å². The molecule has 0 saturated heterocycles. The van der Waals surface area contributed by atoms with Gasteiger partial charge in [-0.25, -0.2) is 13.2 Å². The topological polar surface area (TPSA) is 149 Å². The van der Waals surface area contributed by atoms with Crippen LogP contribution in [0.3, 0.4) is 0 Å². The van der Waals surface area contributed by atoms with Crippen LogP contribution >= 0.6 is 0 Å². The van der Waals surface area contributed by atoms with Crippen molar-refractivity contribution in [2.45, 2.75) is 56.1 Å². The minimum absolute atomic E-state index is 0. The predicted molar refractivity (Wildman–Crippen MR) is 330 cm³/mol. The van der Waals surface area contributed by atoms with Gasteiger partial charge in [-0.05, 0) is 121 Å². The number of hydrogen-bond donors (Lipinski definition) is 2. The number of halogens is 3. The first-order chi connectivity index (χ1) is 40.7. The number of rotatable bonds is 13. The number of carbonyl (C=O) groups is 1. The summed E-state index contributed by atoms with van der Waals surface area (Å²) in [5.41, 5.74) is 4.94. The number of aryl methyl sites for hydroxylation is 1. The molecule has 0 aliphatic heterocycles. The van der Waals surface area contributed by atoms with Crippen molar-refractivity contribution in [2.75, 3.05) is 6.61 Å². The van der Waals surface area contributed by atoms with Crippen LogP contribution in [0.5, 0.6) is 11.5 Å². The summed E-state index contributed by atoms with van der Waals surface area (Å²) in [6.07, 6.45) is 8.79. The number of nitrogens with zero attached hydrogens (tertiary/aromatic N) is 2. The van der Waals surface area contributed by atoms with Crippen molar-refractivity contribution < 1.29 is 63.0 Å². The molecule has 9 nitrogen and oxygen atoms in total. The number of aromatic hydroxyl groups is 2. The molecule has 14 heteroatoms. The summed E-state index contributed by atoms with van der Waals surface area (Å²) in [6, 6.07) is 73.7. The van der Waals surface area contributed by atoms with Crippen LogP contribution in [0.25, 0.3) is 87.6 Å². The summed E-state index contributed by atoms with van der Waals surface area (Å²) in [4.78, 5) is 23.3. The number of aliphatic imine (C=N–C) groups is 2. The maximum atomic E-state index is 12.8. The Morgan fingerprint density at radius 3 is 1.42 bits per heavy atom. The van der Waals surface area contributed by atoms with Crippen LogP contribution in [-0.4, -0.2) is 65.8 Å². The number of phenolic OH excluding ortho intramolecular Hbond substituents is 2. The molecular formula is C71H56F3MnN2O7S-. The van der Waals surface area contributed by atoms with Crippen LogP contribution in [0.1, 0.15) is 59.2 Å². The molecule has 0 heterocycles. The quantitative estimate of drug-likeness (QED) is 0.0292. The second kappa shape index (κ2) is 25.9. The smallest absolute Gasteiger partial charge is 0.485 e. The summed E-state index contributed by atoms with van der Waals surface area (Å²) < 4.78 is 64.6. The van der Waals surface area contributed by atoms with E-state index in [2.05, 4.69) is 158 Å². The van der Waals surface area contributed by atoms with E-state index in [9.17, 15) is 28.2 Å². The van der Waals surface area contributed by atoms with Gasteiger partial charge in [0.15, 0.2) is 10.1 Å². The van der Waals surface area contributed by atoms with Crippen molar-refractivity contribution in [2.24, 2.45) is 9.98 Å². The first kappa shape index (κ1) is 59.3. The Bertz CT molecular complexity index is 4410. The summed E-state index contributed by atoms with van der Waals surface area (Å²) >= 11 is 0. The molecule has 0 spiro atoms. The molecule has 11 aromatic rings. The standard InChI is InChI=1S/C70H56N2O4.CHF3O3S.Mn/c73-68-54(42-52-28-12-15-31-58(52)66(68)64-56-29-13-10-24-49(56)35-38-59(64)47-20-4-1-5-21-47)44-71-62-32-16-17-33-63(62)72-45-55-43-53-41-46(19-18-40-76-70(75)51-26-8-3-9-27-51)34-37-61(53)67(69(55)74)65-57-30-14-11-25-50(57)36-39-60(65)48-22-6-2-7-23-48;2-1(3,4)8(5,6)7;/h1-15,20-31,34-39,41-45,62-63,73-74H,16-19,32-33,40H2;(H,5,6,7);/p-1/t62-,63-;;/m0../s1. The van der Waals surface area contributed by atoms with Crippen LogP contribution < -0.4 is 0 Å². The molecule has 2 atom stereocenters. The molecule has 1 aliphatic carbocycles. The zero-order valence-electron chi connectivity index (χ0n) is 45.8. The van der Waals surface area contributed by atoms with Crippen LogP contribution in [-0.2, 0) is 38.3 Å². The number of esters is 1. The minimum atomic E-state index is -6.09. The van der Waals surface area contributed by atoms with E-state index in [0.717, 1.165) is 119 Å². The third-order valence-corrected chi connectivity index (χ3v) is 16.0. The molecule has 0 amide bonds. The monoisotopic (exact) mass is 1190 g/mol. The number of ether oxygens (including phenoxy) is 1. The van der Waals surface area contributed by atoms with Crippen molar-refractivity contribution in [3.63, 3.8) is 0 Å². The molecule has 0 unspecified atom stereocenters. The third kappa shape index (κ3) is 12.9. The Morgan fingerprint density at radius 2 is 0.941 bits per heavy atom. The van der Waals surface area contributed by atoms with Gasteiger partial charge in [-0.2, -0.15) is 13.2 Å². The number of hydrogen-bond acceptors (Lipinski definition) is 9. The molecule has 0 bridgehead atoms. The molecule has 427 valence electrons. The van der Waals surface area contributed by atoms with E-state index in [1.165, 1.54) is 0 Å². The fraction of sp³-hybridized carbons (Fsp3) is 0.141. The van der Waals surface area contributed by atoms with Gasteiger partial charge < -0.3 is 19.5 Å². The van der Waals surface area contributed by atoms with E-state index in [4.69, 9.17) is 27.7 Å². The van der Waals surface area contributed by atoms with Gasteiger partial charge in [0.25, 0.3) is 0 Å². The van der Waals surface area contributed by atoms with Crippen molar-refractivity contribution in [1.82, 2.24) is 0 Å². The molecular weight excluding hydrogens is 1140 g/mol. The fourth-order valence-corrected chi connectivity index (χ4v) is 11.4. The maximum absolute atomic E-state index is 12.8. The number of carbonyl (C=O) groups excluding carboxylic acids is 1. The summed E-state index contributed by atoms with van der Waals surface area (Å²) in [7, 11) is -6.09. The van der Waals surface area contributed by atoms with E-state index in [0.29, 0.717) is 36.1 Å². The average Bonchev–Trinajstić information content (AvgIpc) is 2.01. The van der Waals surface area contributed by atoms with E-state index in [1.54, 1.807) is 12.1 Å². The molecule has 2 N–H and O–H groups in total. The van der Waals surface area contributed by atoms with Gasteiger partial charge >= 0.3 is 11.5 Å². The Hall–Kier alpha value is -8.91. The minimum Gasteiger partial charge on any atom is -0.741 e. The van der Waals surface area contributed by atoms with Gasteiger partial charge in [-0.3, -0.25) is 9.98 Å². The fourth-order valence-electron chi connectivity index (χ4n) is 11.4. The molecule has 1 aliphatic rings.